The molecule has 0 spiro atoms. The summed E-state index contributed by atoms with van der Waals surface area (Å²) in [4.78, 5) is 0. The van der Waals surface area contributed by atoms with Crippen LogP contribution >= 0.6 is 23.2 Å². The molecule has 2 rings (SSSR count). The van der Waals surface area contributed by atoms with E-state index >= 15 is 0 Å². The van der Waals surface area contributed by atoms with Gasteiger partial charge in [-0.3, -0.25) is 0 Å². The van der Waals surface area contributed by atoms with Gasteiger partial charge in [0.1, 0.15) is 0 Å². The number of benzene rings is 1. The summed E-state index contributed by atoms with van der Waals surface area (Å²) < 4.78 is 0. The van der Waals surface area contributed by atoms with Crippen LogP contribution in [0.1, 0.15) is 31.7 Å². The first-order valence-corrected chi connectivity index (χ1v) is 6.34. The maximum absolute atomic E-state index is 6.05. The van der Waals surface area contributed by atoms with E-state index in [0.29, 0.717) is 22.0 Å². The number of halogens is 2. The Morgan fingerprint density at radius 1 is 1.25 bits per heavy atom. The Morgan fingerprint density at radius 2 is 1.94 bits per heavy atom. The van der Waals surface area contributed by atoms with Gasteiger partial charge in [0, 0.05) is 6.04 Å². The number of rotatable bonds is 2. The van der Waals surface area contributed by atoms with E-state index in [0.717, 1.165) is 0 Å². The highest BCUT2D eigenvalue weighted by molar-refractivity contribution is 6.42. The van der Waals surface area contributed by atoms with E-state index in [9.17, 15) is 0 Å². The predicted octanol–water partition coefficient (Wildman–Crippen LogP) is 4.09. The molecule has 1 fully saturated rings. The summed E-state index contributed by atoms with van der Waals surface area (Å²) in [5.41, 5.74) is 1.58. The Kier molecular flexibility index (Phi) is 3.22. The van der Waals surface area contributed by atoms with Gasteiger partial charge in [0.25, 0.3) is 0 Å². The van der Waals surface area contributed by atoms with Crippen LogP contribution in [0, 0.1) is 5.41 Å². The molecule has 88 valence electrons. The highest BCUT2D eigenvalue weighted by Gasteiger charge is 2.47. The average molecular weight is 258 g/mol. The highest BCUT2D eigenvalue weighted by Crippen LogP contribution is 2.52. The average Bonchev–Trinajstić information content (AvgIpc) is 2.22. The van der Waals surface area contributed by atoms with Crippen molar-refractivity contribution in [3.05, 3.63) is 33.8 Å². The largest absolute Gasteiger partial charge is 0.316 e. The van der Waals surface area contributed by atoms with E-state index in [-0.39, 0.29) is 5.41 Å². The Balaban J connectivity index is 2.24. The molecule has 2 unspecified atom stereocenters. The molecule has 1 saturated carbocycles. The molecule has 0 aromatic heterocycles. The van der Waals surface area contributed by atoms with Gasteiger partial charge in [0.05, 0.1) is 10.0 Å². The zero-order valence-electron chi connectivity index (χ0n) is 9.85. The summed E-state index contributed by atoms with van der Waals surface area (Å²) in [5, 5.41) is 4.65. The Morgan fingerprint density at radius 3 is 2.44 bits per heavy atom. The lowest BCUT2D eigenvalue weighted by molar-refractivity contribution is 0.0752. The Labute approximate surface area is 107 Å². The first-order valence-electron chi connectivity index (χ1n) is 5.59. The molecule has 0 aliphatic heterocycles. The monoisotopic (exact) mass is 257 g/mol. The molecule has 1 aromatic carbocycles. The molecule has 1 aliphatic carbocycles. The second-order valence-corrected chi connectivity index (χ2v) is 5.94. The maximum atomic E-state index is 6.05. The third kappa shape index (κ3) is 1.85. The molecule has 1 aromatic rings. The molecule has 3 heteroatoms. The third-order valence-corrected chi connectivity index (χ3v) is 4.70. The molecule has 16 heavy (non-hydrogen) atoms. The lowest BCUT2D eigenvalue weighted by Crippen LogP contribution is -2.54. The fraction of sp³-hybridized carbons (Fsp3) is 0.538. The van der Waals surface area contributed by atoms with Gasteiger partial charge in [-0.05, 0) is 42.5 Å². The van der Waals surface area contributed by atoms with Gasteiger partial charge >= 0.3 is 0 Å². The first kappa shape index (κ1) is 12.2. The zero-order valence-corrected chi connectivity index (χ0v) is 11.4. The van der Waals surface area contributed by atoms with Crippen molar-refractivity contribution in [1.82, 2.24) is 5.32 Å². The van der Waals surface area contributed by atoms with Crippen molar-refractivity contribution < 1.29 is 0 Å². The second kappa shape index (κ2) is 4.21. The van der Waals surface area contributed by atoms with Crippen LogP contribution in [-0.4, -0.2) is 13.1 Å². The van der Waals surface area contributed by atoms with Gasteiger partial charge in [-0.1, -0.05) is 43.1 Å². The van der Waals surface area contributed by atoms with Crippen molar-refractivity contribution in [1.29, 1.82) is 0 Å². The summed E-state index contributed by atoms with van der Waals surface area (Å²) in [6, 6.07) is 6.57. The van der Waals surface area contributed by atoms with Crippen molar-refractivity contribution in [3.63, 3.8) is 0 Å². The quantitative estimate of drug-likeness (QED) is 0.842. The number of hydrogen-bond acceptors (Lipinski definition) is 1. The van der Waals surface area contributed by atoms with Gasteiger partial charge in [-0.25, -0.2) is 0 Å². The number of hydrogen-bond donors (Lipinski definition) is 1. The van der Waals surface area contributed by atoms with Gasteiger partial charge < -0.3 is 5.32 Å². The van der Waals surface area contributed by atoms with E-state index < -0.39 is 0 Å². The normalized spacial score (nSPS) is 27.6. The Hall–Kier alpha value is -0.240. The molecule has 1 N–H and O–H groups in total. The van der Waals surface area contributed by atoms with Crippen LogP contribution in [0.3, 0.4) is 0 Å². The minimum absolute atomic E-state index is 0.284. The summed E-state index contributed by atoms with van der Waals surface area (Å²) in [6.45, 7) is 4.59. The standard InChI is InChI=1S/C13H17Cl2N/c1-13(2)9(7-12(13)16-3)8-4-5-10(14)11(15)6-8/h4-6,9,12,16H,7H2,1-3H3. The van der Waals surface area contributed by atoms with Crippen molar-refractivity contribution >= 4 is 23.2 Å². The van der Waals surface area contributed by atoms with Crippen molar-refractivity contribution in [2.24, 2.45) is 5.41 Å². The summed E-state index contributed by atoms with van der Waals surface area (Å²) in [5.74, 6) is 0.569. The Bertz CT molecular complexity index is 401. The van der Waals surface area contributed by atoms with Crippen LogP contribution in [0.5, 0.6) is 0 Å². The third-order valence-electron chi connectivity index (χ3n) is 3.96. The van der Waals surface area contributed by atoms with E-state index in [1.165, 1.54) is 12.0 Å². The molecule has 0 radical (unpaired) electrons. The van der Waals surface area contributed by atoms with E-state index in [1.807, 2.05) is 19.2 Å². The van der Waals surface area contributed by atoms with Gasteiger partial charge in [-0.2, -0.15) is 0 Å². The molecule has 2 atom stereocenters. The van der Waals surface area contributed by atoms with Crippen LogP contribution in [-0.2, 0) is 0 Å². The van der Waals surface area contributed by atoms with Gasteiger partial charge in [0.2, 0.25) is 0 Å². The van der Waals surface area contributed by atoms with Crippen LogP contribution in [0.25, 0.3) is 0 Å². The van der Waals surface area contributed by atoms with Gasteiger partial charge in [-0.15, -0.1) is 0 Å². The fourth-order valence-corrected chi connectivity index (χ4v) is 3.02. The molecule has 0 heterocycles. The summed E-state index contributed by atoms with van der Waals surface area (Å²) >= 11 is 12.0. The topological polar surface area (TPSA) is 12.0 Å². The van der Waals surface area contributed by atoms with Crippen molar-refractivity contribution in [3.8, 4) is 0 Å². The fourth-order valence-electron chi connectivity index (χ4n) is 2.71. The minimum atomic E-state index is 0.284. The molecular formula is C13H17Cl2N. The van der Waals surface area contributed by atoms with E-state index in [4.69, 9.17) is 23.2 Å². The first-order chi connectivity index (χ1) is 7.46. The van der Waals surface area contributed by atoms with Crippen LogP contribution < -0.4 is 5.32 Å². The maximum Gasteiger partial charge on any atom is 0.0595 e. The lowest BCUT2D eigenvalue weighted by atomic mass is 9.56. The second-order valence-electron chi connectivity index (χ2n) is 5.12. The van der Waals surface area contributed by atoms with Crippen molar-refractivity contribution in [2.75, 3.05) is 7.05 Å². The van der Waals surface area contributed by atoms with Crippen LogP contribution in [0.15, 0.2) is 18.2 Å². The zero-order chi connectivity index (χ0) is 11.9. The molecule has 1 nitrogen and oxygen atoms in total. The smallest absolute Gasteiger partial charge is 0.0595 e. The summed E-state index contributed by atoms with van der Waals surface area (Å²) in [7, 11) is 2.03. The summed E-state index contributed by atoms with van der Waals surface area (Å²) in [6.07, 6.45) is 1.17. The molecule has 0 saturated heterocycles. The molecular weight excluding hydrogens is 241 g/mol. The lowest BCUT2D eigenvalue weighted by Gasteiger charge is -2.52. The molecule has 1 aliphatic rings. The molecule has 0 amide bonds. The van der Waals surface area contributed by atoms with E-state index in [2.05, 4.69) is 25.2 Å². The van der Waals surface area contributed by atoms with Crippen molar-refractivity contribution in [2.45, 2.75) is 32.2 Å². The van der Waals surface area contributed by atoms with Crippen LogP contribution in [0.2, 0.25) is 10.0 Å². The minimum Gasteiger partial charge on any atom is -0.316 e. The van der Waals surface area contributed by atoms with E-state index in [1.54, 1.807) is 0 Å². The van der Waals surface area contributed by atoms with Crippen LogP contribution in [0.4, 0.5) is 0 Å². The highest BCUT2D eigenvalue weighted by atomic mass is 35.5. The number of nitrogens with one attached hydrogen (secondary N) is 1. The predicted molar refractivity (Wildman–Crippen MR) is 70.4 cm³/mol. The molecule has 0 bridgehead atoms. The van der Waals surface area contributed by atoms with Gasteiger partial charge in [0.15, 0.2) is 0 Å². The SMILES string of the molecule is CNC1CC(c2ccc(Cl)c(Cl)c2)C1(C)C.